The lowest BCUT2D eigenvalue weighted by molar-refractivity contribution is 0.389. The minimum Gasteiger partial charge on any atom is -0.317 e. The van der Waals surface area contributed by atoms with Gasteiger partial charge in [0.2, 0.25) is 10.0 Å². The molecule has 1 aliphatic rings. The van der Waals surface area contributed by atoms with Crippen molar-refractivity contribution in [1.82, 2.24) is 15.4 Å². The highest BCUT2D eigenvalue weighted by Crippen LogP contribution is 2.00. The fourth-order valence-electron chi connectivity index (χ4n) is 1.54. The Hall–Kier alpha value is -0.170. The molecule has 0 aromatic rings. The number of hydrogen-bond acceptors (Lipinski definition) is 4. The molecule has 0 spiro atoms. The van der Waals surface area contributed by atoms with Crippen LogP contribution in [0.5, 0.6) is 0 Å². The normalized spacial score (nSPS) is 19.8. The molecule has 84 valence electrons. The number of hydrogen-bond donors (Lipinski definition) is 3. The minimum atomic E-state index is -3.03. The van der Waals surface area contributed by atoms with Crippen LogP contribution in [0.1, 0.15) is 12.8 Å². The Labute approximate surface area is 85.7 Å². The molecule has 0 aromatic heterocycles. The first-order chi connectivity index (χ1) is 6.58. The second kappa shape index (κ2) is 5.65. The van der Waals surface area contributed by atoms with Gasteiger partial charge >= 0.3 is 0 Å². The molecule has 0 atom stereocenters. The topological polar surface area (TPSA) is 70.2 Å². The van der Waals surface area contributed by atoms with Crippen LogP contribution in [0.3, 0.4) is 0 Å². The van der Waals surface area contributed by atoms with E-state index in [-0.39, 0.29) is 0 Å². The first-order valence-electron chi connectivity index (χ1n) is 4.97. The van der Waals surface area contributed by atoms with E-state index < -0.39 is 10.0 Å². The van der Waals surface area contributed by atoms with Gasteiger partial charge in [0.15, 0.2) is 0 Å². The van der Waals surface area contributed by atoms with Crippen molar-refractivity contribution in [1.29, 1.82) is 0 Å². The predicted molar refractivity (Wildman–Crippen MR) is 56.7 cm³/mol. The van der Waals surface area contributed by atoms with Crippen LogP contribution in [0.4, 0.5) is 0 Å². The third-order valence-electron chi connectivity index (χ3n) is 2.26. The van der Waals surface area contributed by atoms with Crippen LogP contribution >= 0.6 is 0 Å². The Balaban J connectivity index is 2.03. The summed E-state index contributed by atoms with van der Waals surface area (Å²) in [5, 5.41) is 6.61. The van der Waals surface area contributed by atoms with E-state index in [1.165, 1.54) is 6.26 Å². The highest BCUT2D eigenvalue weighted by atomic mass is 32.2. The van der Waals surface area contributed by atoms with E-state index >= 15 is 0 Å². The molecular weight excluding hydrogens is 202 g/mol. The van der Waals surface area contributed by atoms with Crippen molar-refractivity contribution in [2.45, 2.75) is 18.9 Å². The minimum absolute atomic E-state index is 0.475. The van der Waals surface area contributed by atoms with E-state index in [4.69, 9.17) is 0 Å². The Morgan fingerprint density at radius 2 is 1.93 bits per heavy atom. The molecule has 0 aliphatic carbocycles. The average molecular weight is 221 g/mol. The average Bonchev–Trinajstić information content (AvgIpc) is 2.13. The Bertz CT molecular complexity index is 247. The zero-order valence-corrected chi connectivity index (χ0v) is 9.36. The summed E-state index contributed by atoms with van der Waals surface area (Å²) in [4.78, 5) is 0. The van der Waals surface area contributed by atoms with Gasteiger partial charge < -0.3 is 10.6 Å². The molecule has 6 heteroatoms. The fraction of sp³-hybridized carbons (Fsp3) is 1.00. The van der Waals surface area contributed by atoms with Crippen molar-refractivity contribution in [3.05, 3.63) is 0 Å². The maximum atomic E-state index is 10.7. The Morgan fingerprint density at radius 3 is 2.50 bits per heavy atom. The van der Waals surface area contributed by atoms with Crippen LogP contribution in [0.15, 0.2) is 0 Å². The van der Waals surface area contributed by atoms with E-state index in [1.54, 1.807) is 0 Å². The zero-order valence-electron chi connectivity index (χ0n) is 8.54. The quantitative estimate of drug-likeness (QED) is 0.514. The first-order valence-corrected chi connectivity index (χ1v) is 6.86. The van der Waals surface area contributed by atoms with Gasteiger partial charge in [0.05, 0.1) is 6.26 Å². The van der Waals surface area contributed by atoms with Crippen LogP contribution in [-0.4, -0.2) is 46.9 Å². The number of rotatable bonds is 5. The SMILES string of the molecule is CS(=O)(=O)NCCNC1CCNCC1. The molecule has 1 fully saturated rings. The van der Waals surface area contributed by atoms with Gasteiger partial charge in [-0.05, 0) is 25.9 Å². The molecule has 0 unspecified atom stereocenters. The monoisotopic (exact) mass is 221 g/mol. The molecule has 0 saturated carbocycles. The lowest BCUT2D eigenvalue weighted by atomic mass is 10.1. The summed E-state index contributed by atoms with van der Waals surface area (Å²) in [6, 6.07) is 0.539. The van der Waals surface area contributed by atoms with Crippen LogP contribution in [0, 0.1) is 0 Å². The standard InChI is InChI=1S/C8H19N3O2S/c1-14(12,13)11-7-6-10-8-2-4-9-5-3-8/h8-11H,2-7H2,1H3. The molecule has 5 nitrogen and oxygen atoms in total. The smallest absolute Gasteiger partial charge is 0.208 e. The highest BCUT2D eigenvalue weighted by Gasteiger charge is 2.11. The molecule has 0 aromatic carbocycles. The summed E-state index contributed by atoms with van der Waals surface area (Å²) in [5.41, 5.74) is 0. The molecule has 14 heavy (non-hydrogen) atoms. The number of piperidine rings is 1. The van der Waals surface area contributed by atoms with Gasteiger partial charge in [-0.15, -0.1) is 0 Å². The lowest BCUT2D eigenvalue weighted by Gasteiger charge is -2.23. The van der Waals surface area contributed by atoms with Crippen molar-refractivity contribution >= 4 is 10.0 Å². The van der Waals surface area contributed by atoms with Crippen molar-refractivity contribution in [2.75, 3.05) is 32.4 Å². The maximum absolute atomic E-state index is 10.7. The summed E-state index contributed by atoms with van der Waals surface area (Å²) < 4.78 is 23.9. The maximum Gasteiger partial charge on any atom is 0.208 e. The predicted octanol–water partition coefficient (Wildman–Crippen LogP) is -1.12. The van der Waals surface area contributed by atoms with Crippen molar-refractivity contribution in [3.63, 3.8) is 0 Å². The summed E-state index contributed by atoms with van der Waals surface area (Å²) in [6.45, 7) is 3.29. The summed E-state index contributed by atoms with van der Waals surface area (Å²) >= 11 is 0. The van der Waals surface area contributed by atoms with Gasteiger partial charge in [-0.3, -0.25) is 0 Å². The summed E-state index contributed by atoms with van der Waals surface area (Å²) in [7, 11) is -3.03. The second-order valence-corrected chi connectivity index (χ2v) is 5.48. The molecular formula is C8H19N3O2S. The van der Waals surface area contributed by atoms with Gasteiger partial charge in [0, 0.05) is 19.1 Å². The number of nitrogens with one attached hydrogen (secondary N) is 3. The highest BCUT2D eigenvalue weighted by molar-refractivity contribution is 7.88. The van der Waals surface area contributed by atoms with E-state index in [0.717, 1.165) is 25.9 Å². The van der Waals surface area contributed by atoms with Gasteiger partial charge in [-0.1, -0.05) is 0 Å². The molecule has 1 saturated heterocycles. The van der Waals surface area contributed by atoms with Crippen molar-refractivity contribution in [2.24, 2.45) is 0 Å². The molecule has 1 rings (SSSR count). The third kappa shape index (κ3) is 5.54. The zero-order chi connectivity index (χ0) is 10.4. The summed E-state index contributed by atoms with van der Waals surface area (Å²) in [5.74, 6) is 0. The van der Waals surface area contributed by atoms with Gasteiger partial charge in [0.25, 0.3) is 0 Å². The van der Waals surface area contributed by atoms with E-state index in [9.17, 15) is 8.42 Å². The Morgan fingerprint density at radius 1 is 1.29 bits per heavy atom. The van der Waals surface area contributed by atoms with Crippen LogP contribution in [0.2, 0.25) is 0 Å². The largest absolute Gasteiger partial charge is 0.317 e. The van der Waals surface area contributed by atoms with Crippen LogP contribution in [-0.2, 0) is 10.0 Å². The lowest BCUT2D eigenvalue weighted by Crippen LogP contribution is -2.42. The number of sulfonamides is 1. The van der Waals surface area contributed by atoms with Crippen molar-refractivity contribution in [3.8, 4) is 0 Å². The van der Waals surface area contributed by atoms with E-state index in [0.29, 0.717) is 19.1 Å². The van der Waals surface area contributed by atoms with Crippen LogP contribution in [0.25, 0.3) is 0 Å². The molecule has 0 radical (unpaired) electrons. The Kier molecular flexibility index (Phi) is 4.80. The van der Waals surface area contributed by atoms with Crippen LogP contribution < -0.4 is 15.4 Å². The van der Waals surface area contributed by atoms with Gasteiger partial charge in [0.1, 0.15) is 0 Å². The molecule has 1 heterocycles. The third-order valence-corrected chi connectivity index (χ3v) is 2.99. The first kappa shape index (κ1) is 11.9. The van der Waals surface area contributed by atoms with Gasteiger partial charge in [-0.25, -0.2) is 13.1 Å². The van der Waals surface area contributed by atoms with E-state index in [1.807, 2.05) is 0 Å². The van der Waals surface area contributed by atoms with E-state index in [2.05, 4.69) is 15.4 Å². The molecule has 0 bridgehead atoms. The fourth-order valence-corrected chi connectivity index (χ4v) is 2.01. The molecule has 1 aliphatic heterocycles. The molecule has 0 amide bonds. The molecule has 3 N–H and O–H groups in total. The van der Waals surface area contributed by atoms with Gasteiger partial charge in [-0.2, -0.15) is 0 Å². The van der Waals surface area contributed by atoms with Crippen molar-refractivity contribution < 1.29 is 8.42 Å². The summed E-state index contributed by atoms with van der Waals surface area (Å²) in [6.07, 6.45) is 3.43. The second-order valence-electron chi connectivity index (χ2n) is 3.64.